The van der Waals surface area contributed by atoms with Crippen LogP contribution in [0.25, 0.3) is 0 Å². The van der Waals surface area contributed by atoms with Crippen molar-refractivity contribution in [2.45, 2.75) is 32.7 Å². The molecule has 0 heterocycles. The second-order valence-corrected chi connectivity index (χ2v) is 5.39. The lowest BCUT2D eigenvalue weighted by Crippen LogP contribution is -2.36. The molecule has 4 heteroatoms. The number of carboxylic acid groups (broad SMARTS) is 1. The van der Waals surface area contributed by atoms with E-state index in [2.05, 4.69) is 11.4 Å². The minimum atomic E-state index is -0.887. The third-order valence-electron chi connectivity index (χ3n) is 3.08. The van der Waals surface area contributed by atoms with Gasteiger partial charge in [0, 0.05) is 13.0 Å². The summed E-state index contributed by atoms with van der Waals surface area (Å²) >= 11 is 0. The molecule has 0 aliphatic heterocycles. The number of carbonyl (C=O) groups is 1. The van der Waals surface area contributed by atoms with Crippen molar-refractivity contribution in [3.8, 4) is 6.07 Å². The number of nitrogens with one attached hydrogen (secondary N) is 1. The molecule has 1 rings (SSSR count). The van der Waals surface area contributed by atoms with E-state index in [1.165, 1.54) is 0 Å². The first kappa shape index (κ1) is 15.2. The largest absolute Gasteiger partial charge is 0.480 e. The van der Waals surface area contributed by atoms with Gasteiger partial charge in [0.2, 0.25) is 0 Å². The average Bonchev–Trinajstić information content (AvgIpc) is 2.37. The van der Waals surface area contributed by atoms with Gasteiger partial charge in [0.1, 0.15) is 6.04 Å². The topological polar surface area (TPSA) is 73.1 Å². The van der Waals surface area contributed by atoms with Crippen LogP contribution in [0, 0.1) is 16.7 Å². The zero-order chi connectivity index (χ0) is 14.3. The minimum absolute atomic E-state index is 0.0990. The lowest BCUT2D eigenvalue weighted by Gasteiger charge is -2.26. The van der Waals surface area contributed by atoms with Gasteiger partial charge in [0.05, 0.1) is 6.07 Å². The average molecular weight is 260 g/mol. The summed E-state index contributed by atoms with van der Waals surface area (Å²) in [7, 11) is 0. The molecule has 0 amide bonds. The molecule has 0 aliphatic carbocycles. The molecule has 1 aromatic carbocycles. The van der Waals surface area contributed by atoms with Crippen molar-refractivity contribution in [2.75, 3.05) is 6.54 Å². The highest BCUT2D eigenvalue weighted by Gasteiger charge is 2.23. The zero-order valence-corrected chi connectivity index (χ0v) is 11.4. The molecule has 0 spiro atoms. The van der Waals surface area contributed by atoms with Crippen molar-refractivity contribution >= 4 is 5.97 Å². The Labute approximate surface area is 114 Å². The Morgan fingerprint density at radius 1 is 1.42 bits per heavy atom. The van der Waals surface area contributed by atoms with E-state index in [1.807, 2.05) is 32.0 Å². The normalized spacial score (nSPS) is 12.7. The Hall–Kier alpha value is -1.86. The molecule has 1 unspecified atom stereocenters. The van der Waals surface area contributed by atoms with Crippen molar-refractivity contribution in [1.82, 2.24) is 5.32 Å². The van der Waals surface area contributed by atoms with Crippen molar-refractivity contribution in [3.63, 3.8) is 0 Å². The number of benzene rings is 1. The number of aliphatic carboxylic acids is 1. The molecule has 0 radical (unpaired) electrons. The van der Waals surface area contributed by atoms with Crippen LogP contribution < -0.4 is 5.32 Å². The van der Waals surface area contributed by atoms with Gasteiger partial charge in [0.25, 0.3) is 0 Å². The van der Waals surface area contributed by atoms with Gasteiger partial charge in [-0.2, -0.15) is 5.26 Å². The summed E-state index contributed by atoms with van der Waals surface area (Å²) in [5.41, 5.74) is 0.643. The van der Waals surface area contributed by atoms with Crippen molar-refractivity contribution in [1.29, 1.82) is 5.26 Å². The van der Waals surface area contributed by atoms with Crippen molar-refractivity contribution < 1.29 is 9.90 Å². The summed E-state index contributed by atoms with van der Waals surface area (Å²) in [5, 5.41) is 21.0. The molecule has 1 atom stereocenters. The molecule has 0 bridgehead atoms. The Morgan fingerprint density at radius 2 is 2.05 bits per heavy atom. The molecule has 102 valence electrons. The number of nitrogens with zero attached hydrogens (tertiary/aromatic N) is 1. The van der Waals surface area contributed by atoms with Gasteiger partial charge in [0.15, 0.2) is 0 Å². The van der Waals surface area contributed by atoms with Gasteiger partial charge in [-0.15, -0.1) is 0 Å². The number of nitriles is 1. The standard InChI is InChI=1S/C15H20N2O2/c1-15(2,9-6-10-16)11-17-13(14(18)19)12-7-4-3-5-8-12/h3-5,7-8,13,17H,6,9,11H2,1-2H3,(H,18,19). The van der Waals surface area contributed by atoms with Crippen LogP contribution in [-0.4, -0.2) is 17.6 Å². The summed E-state index contributed by atoms with van der Waals surface area (Å²) < 4.78 is 0. The Kier molecular flexibility index (Phi) is 5.53. The van der Waals surface area contributed by atoms with Gasteiger partial charge in [-0.05, 0) is 17.4 Å². The SMILES string of the molecule is CC(C)(CCC#N)CNC(C(=O)O)c1ccccc1. The van der Waals surface area contributed by atoms with Crippen LogP contribution in [0.2, 0.25) is 0 Å². The van der Waals surface area contributed by atoms with Gasteiger partial charge < -0.3 is 10.4 Å². The van der Waals surface area contributed by atoms with Gasteiger partial charge in [-0.1, -0.05) is 44.2 Å². The highest BCUT2D eigenvalue weighted by atomic mass is 16.4. The summed E-state index contributed by atoms with van der Waals surface area (Å²) in [6.45, 7) is 4.61. The van der Waals surface area contributed by atoms with E-state index >= 15 is 0 Å². The maximum Gasteiger partial charge on any atom is 0.325 e. The predicted molar refractivity (Wildman–Crippen MR) is 73.4 cm³/mol. The lowest BCUT2D eigenvalue weighted by molar-refractivity contribution is -0.139. The minimum Gasteiger partial charge on any atom is -0.480 e. The molecular formula is C15H20N2O2. The molecule has 0 saturated heterocycles. The van der Waals surface area contributed by atoms with E-state index in [0.29, 0.717) is 13.0 Å². The third-order valence-corrected chi connectivity index (χ3v) is 3.08. The number of hydrogen-bond donors (Lipinski definition) is 2. The van der Waals surface area contributed by atoms with E-state index in [4.69, 9.17) is 5.26 Å². The quantitative estimate of drug-likeness (QED) is 0.790. The predicted octanol–water partition coefficient (Wildman–Crippen LogP) is 2.73. The smallest absolute Gasteiger partial charge is 0.325 e. The molecule has 4 nitrogen and oxygen atoms in total. The first-order valence-corrected chi connectivity index (χ1v) is 6.34. The van der Waals surface area contributed by atoms with Crippen LogP contribution in [0.4, 0.5) is 0 Å². The molecule has 0 saturated carbocycles. The first-order chi connectivity index (χ1) is 8.96. The molecule has 1 aromatic rings. The Balaban J connectivity index is 2.66. The fourth-order valence-electron chi connectivity index (χ4n) is 1.85. The maximum absolute atomic E-state index is 11.3. The van der Waals surface area contributed by atoms with E-state index in [0.717, 1.165) is 12.0 Å². The molecule has 2 N–H and O–H groups in total. The second kappa shape index (κ2) is 6.91. The fourth-order valence-corrected chi connectivity index (χ4v) is 1.85. The van der Waals surface area contributed by atoms with Crippen LogP contribution in [-0.2, 0) is 4.79 Å². The summed E-state index contributed by atoms with van der Waals surface area (Å²) in [5.74, 6) is -0.887. The van der Waals surface area contributed by atoms with Gasteiger partial charge in [-0.3, -0.25) is 4.79 Å². The maximum atomic E-state index is 11.3. The summed E-state index contributed by atoms with van der Waals surface area (Å²) in [6, 6.07) is 10.5. The summed E-state index contributed by atoms with van der Waals surface area (Å²) in [4.78, 5) is 11.3. The molecule has 0 aromatic heterocycles. The number of hydrogen-bond acceptors (Lipinski definition) is 3. The van der Waals surface area contributed by atoms with Crippen molar-refractivity contribution in [2.24, 2.45) is 5.41 Å². The van der Waals surface area contributed by atoms with Crippen LogP contribution in [0.1, 0.15) is 38.3 Å². The molecule has 0 aliphatic rings. The fraction of sp³-hybridized carbons (Fsp3) is 0.467. The highest BCUT2D eigenvalue weighted by Crippen LogP contribution is 2.22. The number of rotatable bonds is 7. The van der Waals surface area contributed by atoms with E-state index in [1.54, 1.807) is 12.1 Å². The first-order valence-electron chi connectivity index (χ1n) is 6.34. The highest BCUT2D eigenvalue weighted by molar-refractivity contribution is 5.75. The van der Waals surface area contributed by atoms with E-state index < -0.39 is 12.0 Å². The van der Waals surface area contributed by atoms with Gasteiger partial charge in [-0.25, -0.2) is 0 Å². The van der Waals surface area contributed by atoms with Gasteiger partial charge >= 0.3 is 5.97 Å². The zero-order valence-electron chi connectivity index (χ0n) is 11.4. The Morgan fingerprint density at radius 3 is 2.58 bits per heavy atom. The molecular weight excluding hydrogens is 240 g/mol. The van der Waals surface area contributed by atoms with E-state index in [9.17, 15) is 9.90 Å². The van der Waals surface area contributed by atoms with Crippen LogP contribution in [0.3, 0.4) is 0 Å². The third kappa shape index (κ3) is 5.11. The molecule has 0 fully saturated rings. The number of carboxylic acids is 1. The van der Waals surface area contributed by atoms with Crippen LogP contribution in [0.5, 0.6) is 0 Å². The lowest BCUT2D eigenvalue weighted by atomic mass is 9.87. The summed E-state index contributed by atoms with van der Waals surface area (Å²) in [6.07, 6.45) is 1.23. The van der Waals surface area contributed by atoms with Crippen molar-refractivity contribution in [3.05, 3.63) is 35.9 Å². The monoisotopic (exact) mass is 260 g/mol. The Bertz CT molecular complexity index is 449. The van der Waals surface area contributed by atoms with E-state index in [-0.39, 0.29) is 5.41 Å². The van der Waals surface area contributed by atoms with Crippen LogP contribution in [0.15, 0.2) is 30.3 Å². The van der Waals surface area contributed by atoms with Crippen LogP contribution >= 0.6 is 0 Å². The second-order valence-electron chi connectivity index (χ2n) is 5.39. The molecule has 19 heavy (non-hydrogen) atoms.